The minimum absolute atomic E-state index is 0.0997. The average Bonchev–Trinajstić information content (AvgIpc) is 3.39. The van der Waals surface area contributed by atoms with Crippen molar-refractivity contribution in [1.82, 2.24) is 20.8 Å². The summed E-state index contributed by atoms with van der Waals surface area (Å²) in [6, 6.07) is 19.7. The van der Waals surface area contributed by atoms with Crippen molar-refractivity contribution in [3.63, 3.8) is 0 Å². The summed E-state index contributed by atoms with van der Waals surface area (Å²) < 4.78 is 0. The van der Waals surface area contributed by atoms with Crippen LogP contribution in [0.25, 0.3) is 10.6 Å². The predicted molar refractivity (Wildman–Crippen MR) is 123 cm³/mol. The number of hydrogen-bond acceptors (Lipinski definition) is 6. The van der Waals surface area contributed by atoms with Crippen LogP contribution in [0.5, 0.6) is 0 Å². The molecule has 0 atom stereocenters. The number of aromatic nitrogens is 2. The highest BCUT2D eigenvalue weighted by Gasteiger charge is 2.17. The normalized spacial score (nSPS) is 10.6. The summed E-state index contributed by atoms with van der Waals surface area (Å²) in [6.45, 7) is 1.78. The van der Waals surface area contributed by atoms with E-state index in [0.29, 0.717) is 16.3 Å². The van der Waals surface area contributed by atoms with Gasteiger partial charge in [0.25, 0.3) is 5.91 Å². The molecule has 0 radical (unpaired) electrons. The molecule has 0 spiro atoms. The maximum atomic E-state index is 12.5. The Hall–Kier alpha value is -3.36. The lowest BCUT2D eigenvalue weighted by Gasteiger charge is -2.05. The highest BCUT2D eigenvalue weighted by molar-refractivity contribution is 7.17. The Labute approximate surface area is 188 Å². The van der Waals surface area contributed by atoms with E-state index in [1.54, 1.807) is 6.92 Å². The summed E-state index contributed by atoms with van der Waals surface area (Å²) in [7, 11) is 0. The van der Waals surface area contributed by atoms with Crippen LogP contribution in [0.4, 0.5) is 0 Å². The number of rotatable bonds is 6. The monoisotopic (exact) mass is 448 g/mol. The fourth-order valence-electron chi connectivity index (χ4n) is 2.99. The fraction of sp³-hybridized carbons (Fsp3) is 0.130. The number of hydrogen-bond donors (Lipinski definition) is 2. The molecule has 2 N–H and O–H groups in total. The molecule has 4 rings (SSSR count). The molecule has 0 unspecified atom stereocenters. The SMILES string of the molecule is Cc1nc(-c2ccccc2)sc1C(=O)NNC(=O)Cc1csc(Cc2ccccc2)n1. The van der Waals surface area contributed by atoms with Gasteiger partial charge in [0.2, 0.25) is 5.91 Å². The average molecular weight is 449 g/mol. The molecule has 8 heteroatoms. The Morgan fingerprint density at radius 1 is 0.935 bits per heavy atom. The maximum absolute atomic E-state index is 12.5. The second-order valence-corrected chi connectivity index (χ2v) is 8.82. The van der Waals surface area contributed by atoms with Crippen molar-refractivity contribution < 1.29 is 9.59 Å². The summed E-state index contributed by atoms with van der Waals surface area (Å²) in [4.78, 5) is 34.2. The molecule has 0 saturated heterocycles. The van der Waals surface area contributed by atoms with Crippen molar-refractivity contribution in [2.75, 3.05) is 0 Å². The molecule has 0 bridgehead atoms. The van der Waals surface area contributed by atoms with Crippen molar-refractivity contribution in [1.29, 1.82) is 0 Å². The highest BCUT2D eigenvalue weighted by atomic mass is 32.1. The van der Waals surface area contributed by atoms with Gasteiger partial charge in [-0.25, -0.2) is 9.97 Å². The van der Waals surface area contributed by atoms with Gasteiger partial charge in [0.15, 0.2) is 0 Å². The van der Waals surface area contributed by atoms with E-state index in [-0.39, 0.29) is 18.2 Å². The van der Waals surface area contributed by atoms with Crippen LogP contribution < -0.4 is 10.9 Å². The van der Waals surface area contributed by atoms with E-state index in [4.69, 9.17) is 0 Å². The minimum atomic E-state index is -0.381. The van der Waals surface area contributed by atoms with Crippen molar-refractivity contribution in [2.45, 2.75) is 19.8 Å². The molecular weight excluding hydrogens is 428 g/mol. The van der Waals surface area contributed by atoms with E-state index in [9.17, 15) is 9.59 Å². The molecule has 6 nitrogen and oxygen atoms in total. The molecule has 4 aromatic rings. The zero-order valence-electron chi connectivity index (χ0n) is 16.8. The molecule has 156 valence electrons. The highest BCUT2D eigenvalue weighted by Crippen LogP contribution is 2.27. The number of amides is 2. The van der Waals surface area contributed by atoms with Gasteiger partial charge in [0.1, 0.15) is 9.88 Å². The van der Waals surface area contributed by atoms with Crippen LogP contribution in [0, 0.1) is 6.92 Å². The Kier molecular flexibility index (Phi) is 6.49. The number of carbonyl (C=O) groups excluding carboxylic acids is 2. The van der Waals surface area contributed by atoms with Gasteiger partial charge in [0.05, 0.1) is 22.8 Å². The van der Waals surface area contributed by atoms with E-state index in [1.165, 1.54) is 28.2 Å². The number of carbonyl (C=O) groups is 2. The first kappa shape index (κ1) is 20.9. The van der Waals surface area contributed by atoms with Crippen LogP contribution in [0.1, 0.15) is 31.6 Å². The van der Waals surface area contributed by atoms with Crippen LogP contribution >= 0.6 is 22.7 Å². The van der Waals surface area contributed by atoms with Gasteiger partial charge in [-0.05, 0) is 12.5 Å². The molecule has 0 saturated carbocycles. The van der Waals surface area contributed by atoms with E-state index in [1.807, 2.05) is 66.0 Å². The lowest BCUT2D eigenvalue weighted by molar-refractivity contribution is -0.121. The molecule has 2 heterocycles. The van der Waals surface area contributed by atoms with Crippen LogP contribution in [-0.4, -0.2) is 21.8 Å². The molecule has 0 aliphatic heterocycles. The largest absolute Gasteiger partial charge is 0.281 e. The van der Waals surface area contributed by atoms with Crippen LogP contribution in [0.15, 0.2) is 66.0 Å². The number of aryl methyl sites for hydroxylation is 1. The van der Waals surface area contributed by atoms with Gasteiger partial charge in [0, 0.05) is 17.4 Å². The molecule has 2 aromatic carbocycles. The maximum Gasteiger partial charge on any atom is 0.281 e. The Morgan fingerprint density at radius 3 is 2.39 bits per heavy atom. The third-order valence-electron chi connectivity index (χ3n) is 4.48. The summed E-state index contributed by atoms with van der Waals surface area (Å²) in [5.74, 6) is -0.705. The van der Waals surface area contributed by atoms with Gasteiger partial charge in [-0.3, -0.25) is 20.4 Å². The minimum Gasteiger partial charge on any atom is -0.273 e. The molecule has 0 aliphatic rings. The Balaban J connectivity index is 1.31. The summed E-state index contributed by atoms with van der Waals surface area (Å²) in [6.07, 6.45) is 0.834. The molecule has 0 fully saturated rings. The van der Waals surface area contributed by atoms with Crippen molar-refractivity contribution >= 4 is 34.5 Å². The zero-order chi connectivity index (χ0) is 21.6. The van der Waals surface area contributed by atoms with Crippen LogP contribution in [0.3, 0.4) is 0 Å². The lowest BCUT2D eigenvalue weighted by Crippen LogP contribution is -2.42. The third-order valence-corrected chi connectivity index (χ3v) is 6.58. The van der Waals surface area contributed by atoms with Crippen LogP contribution in [0.2, 0.25) is 0 Å². The lowest BCUT2D eigenvalue weighted by atomic mass is 10.2. The molecule has 0 aliphatic carbocycles. The van der Waals surface area contributed by atoms with Crippen LogP contribution in [-0.2, 0) is 17.6 Å². The number of nitrogens with one attached hydrogen (secondary N) is 2. The van der Waals surface area contributed by atoms with Gasteiger partial charge in [-0.15, -0.1) is 22.7 Å². The molecule has 2 aromatic heterocycles. The van der Waals surface area contributed by atoms with Gasteiger partial charge >= 0.3 is 0 Å². The summed E-state index contributed by atoms with van der Waals surface area (Å²) >= 11 is 2.82. The first-order valence-corrected chi connectivity index (χ1v) is 11.4. The second kappa shape index (κ2) is 9.63. The number of thiazole rings is 2. The van der Waals surface area contributed by atoms with E-state index in [2.05, 4.69) is 20.8 Å². The molecular formula is C23H20N4O2S2. The van der Waals surface area contributed by atoms with E-state index >= 15 is 0 Å². The fourth-order valence-corrected chi connectivity index (χ4v) is 4.78. The quantitative estimate of drug-likeness (QED) is 0.434. The van der Waals surface area contributed by atoms with Crippen molar-refractivity contribution in [3.8, 4) is 10.6 Å². The Morgan fingerprint density at radius 2 is 1.65 bits per heavy atom. The predicted octanol–water partition coefficient (Wildman–Crippen LogP) is 4.17. The van der Waals surface area contributed by atoms with E-state index < -0.39 is 0 Å². The number of nitrogens with zero attached hydrogens (tertiary/aromatic N) is 2. The van der Waals surface area contributed by atoms with Gasteiger partial charge in [-0.1, -0.05) is 60.7 Å². The second-order valence-electron chi connectivity index (χ2n) is 6.87. The molecule has 31 heavy (non-hydrogen) atoms. The Bertz CT molecular complexity index is 1190. The third kappa shape index (κ3) is 5.42. The number of benzene rings is 2. The van der Waals surface area contributed by atoms with Crippen molar-refractivity contribution in [2.24, 2.45) is 0 Å². The van der Waals surface area contributed by atoms with E-state index in [0.717, 1.165) is 22.0 Å². The zero-order valence-corrected chi connectivity index (χ0v) is 18.4. The summed E-state index contributed by atoms with van der Waals surface area (Å²) in [5, 5.41) is 3.59. The standard InChI is InChI=1S/C23H20N4O2S2/c1-15-21(31-23(24-15)17-10-6-3-7-11-17)22(29)27-26-19(28)13-18-14-30-20(25-18)12-16-8-4-2-5-9-16/h2-11,14H,12-13H2,1H3,(H,26,28)(H,27,29). The summed E-state index contributed by atoms with van der Waals surface area (Å²) in [5.41, 5.74) is 8.39. The first-order valence-electron chi connectivity index (χ1n) is 9.68. The topological polar surface area (TPSA) is 84.0 Å². The number of hydrazine groups is 1. The molecule has 2 amide bonds. The van der Waals surface area contributed by atoms with Gasteiger partial charge < -0.3 is 0 Å². The first-order chi connectivity index (χ1) is 15.1. The van der Waals surface area contributed by atoms with Crippen molar-refractivity contribution in [3.05, 3.63) is 92.9 Å². The van der Waals surface area contributed by atoms with Gasteiger partial charge in [-0.2, -0.15) is 0 Å². The smallest absolute Gasteiger partial charge is 0.273 e.